The highest BCUT2D eigenvalue weighted by Crippen LogP contribution is 2.22. The molecule has 0 spiro atoms. The molecule has 2 amide bonds. The summed E-state index contributed by atoms with van der Waals surface area (Å²) in [6.07, 6.45) is 2.82. The van der Waals surface area contributed by atoms with Crippen molar-refractivity contribution in [3.8, 4) is 0 Å². The van der Waals surface area contributed by atoms with Gasteiger partial charge in [0, 0.05) is 30.6 Å². The molecule has 0 aliphatic heterocycles. The zero-order valence-electron chi connectivity index (χ0n) is 21.8. The van der Waals surface area contributed by atoms with Crippen molar-refractivity contribution < 1.29 is 18.0 Å². The van der Waals surface area contributed by atoms with Crippen LogP contribution >= 0.6 is 11.6 Å². The summed E-state index contributed by atoms with van der Waals surface area (Å²) in [6.45, 7) is 8.26. The van der Waals surface area contributed by atoms with Crippen molar-refractivity contribution >= 4 is 39.1 Å². The van der Waals surface area contributed by atoms with Crippen molar-refractivity contribution in [2.45, 2.75) is 72.0 Å². The standard InChI is InChI=1S/C27H38ClN3O4S/c1-6-21(4)29-27(33)25(7-2)30(19-22-12-9-8-11-20(22)3)26(32)13-10-18-31(36(5,34)35)24-16-14-23(28)15-17-24/h8-9,11-12,14-17,21,25H,6-7,10,13,18-19H2,1-5H3,(H,29,33)/t21-,25-/m0/s1. The SMILES string of the molecule is CC[C@H](C)NC(=O)[C@H](CC)N(Cc1ccccc1C)C(=O)CCCN(c1ccc(Cl)cc1)S(C)(=O)=O. The van der Waals surface area contributed by atoms with Gasteiger partial charge in [0.2, 0.25) is 21.8 Å². The second kappa shape index (κ2) is 13.7. The molecule has 0 aliphatic carbocycles. The van der Waals surface area contributed by atoms with E-state index < -0.39 is 16.1 Å². The predicted molar refractivity (Wildman–Crippen MR) is 147 cm³/mol. The molecule has 2 aromatic rings. The molecule has 0 aromatic heterocycles. The first-order valence-electron chi connectivity index (χ1n) is 12.4. The largest absolute Gasteiger partial charge is 0.352 e. The van der Waals surface area contributed by atoms with Crippen LogP contribution in [0.1, 0.15) is 57.6 Å². The molecule has 2 rings (SSSR count). The number of sulfonamides is 1. The molecule has 0 saturated carbocycles. The summed E-state index contributed by atoms with van der Waals surface area (Å²) in [7, 11) is -3.55. The van der Waals surface area contributed by atoms with E-state index in [0.717, 1.165) is 23.8 Å². The van der Waals surface area contributed by atoms with E-state index in [1.54, 1.807) is 29.2 Å². The molecule has 0 heterocycles. The first-order valence-corrected chi connectivity index (χ1v) is 14.6. The molecular formula is C27H38ClN3O4S. The Morgan fingerprint density at radius 2 is 1.67 bits per heavy atom. The summed E-state index contributed by atoms with van der Waals surface area (Å²) >= 11 is 5.95. The molecule has 0 unspecified atom stereocenters. The van der Waals surface area contributed by atoms with Gasteiger partial charge in [-0.05, 0) is 68.5 Å². The van der Waals surface area contributed by atoms with Crippen LogP contribution in [0.2, 0.25) is 5.02 Å². The molecule has 1 N–H and O–H groups in total. The van der Waals surface area contributed by atoms with Crippen molar-refractivity contribution in [1.82, 2.24) is 10.2 Å². The van der Waals surface area contributed by atoms with Crippen LogP contribution in [0.5, 0.6) is 0 Å². The number of nitrogens with zero attached hydrogens (tertiary/aromatic N) is 2. The monoisotopic (exact) mass is 535 g/mol. The van der Waals surface area contributed by atoms with Crippen LogP contribution in [0.25, 0.3) is 0 Å². The third-order valence-corrected chi connectivity index (χ3v) is 7.70. The average Bonchev–Trinajstić information content (AvgIpc) is 2.82. The van der Waals surface area contributed by atoms with Gasteiger partial charge in [-0.15, -0.1) is 0 Å². The number of anilines is 1. The fourth-order valence-electron chi connectivity index (χ4n) is 3.94. The fraction of sp³-hybridized carbons (Fsp3) is 0.481. The van der Waals surface area contributed by atoms with Gasteiger partial charge in [-0.1, -0.05) is 49.7 Å². The van der Waals surface area contributed by atoms with Gasteiger partial charge >= 0.3 is 0 Å². The van der Waals surface area contributed by atoms with Crippen LogP contribution < -0.4 is 9.62 Å². The molecule has 0 saturated heterocycles. The number of rotatable bonds is 13. The number of hydrogen-bond acceptors (Lipinski definition) is 4. The van der Waals surface area contributed by atoms with E-state index in [-0.39, 0.29) is 30.8 Å². The van der Waals surface area contributed by atoms with Crippen molar-refractivity contribution in [1.29, 1.82) is 0 Å². The molecule has 2 atom stereocenters. The number of carbonyl (C=O) groups excluding carboxylic acids is 2. The van der Waals surface area contributed by atoms with Gasteiger partial charge in [-0.2, -0.15) is 0 Å². The summed E-state index contributed by atoms with van der Waals surface area (Å²) in [5.74, 6) is -0.360. The molecule has 36 heavy (non-hydrogen) atoms. The van der Waals surface area contributed by atoms with Crippen LogP contribution in [0.15, 0.2) is 48.5 Å². The number of aryl methyl sites for hydroxylation is 1. The molecule has 9 heteroatoms. The zero-order chi connectivity index (χ0) is 26.9. The van der Waals surface area contributed by atoms with Gasteiger partial charge in [0.1, 0.15) is 6.04 Å². The maximum Gasteiger partial charge on any atom is 0.243 e. The van der Waals surface area contributed by atoms with Crippen molar-refractivity contribution in [2.24, 2.45) is 0 Å². The molecule has 0 aliphatic rings. The Labute approximate surface area is 220 Å². The number of hydrogen-bond donors (Lipinski definition) is 1. The highest BCUT2D eigenvalue weighted by molar-refractivity contribution is 7.92. The first-order chi connectivity index (χ1) is 17.0. The smallest absolute Gasteiger partial charge is 0.243 e. The topological polar surface area (TPSA) is 86.8 Å². The van der Waals surface area contributed by atoms with Gasteiger partial charge in [0.15, 0.2) is 0 Å². The fourth-order valence-corrected chi connectivity index (χ4v) is 5.03. The van der Waals surface area contributed by atoms with Gasteiger partial charge in [0.25, 0.3) is 0 Å². The maximum atomic E-state index is 13.5. The van der Waals surface area contributed by atoms with Crippen LogP contribution in [-0.4, -0.2) is 50.0 Å². The number of amides is 2. The lowest BCUT2D eigenvalue weighted by Gasteiger charge is -2.32. The Balaban J connectivity index is 2.23. The van der Waals surface area contributed by atoms with Crippen molar-refractivity contribution in [3.63, 3.8) is 0 Å². The van der Waals surface area contributed by atoms with Gasteiger partial charge < -0.3 is 10.2 Å². The third-order valence-electron chi connectivity index (χ3n) is 6.26. The Bertz CT molecular complexity index is 1120. The second-order valence-electron chi connectivity index (χ2n) is 9.11. The van der Waals surface area contributed by atoms with E-state index in [2.05, 4.69) is 5.32 Å². The third kappa shape index (κ3) is 8.52. The number of carbonyl (C=O) groups is 2. The molecule has 0 radical (unpaired) electrons. The Morgan fingerprint density at radius 3 is 2.22 bits per heavy atom. The number of benzene rings is 2. The minimum atomic E-state index is -3.55. The molecule has 7 nitrogen and oxygen atoms in total. The summed E-state index contributed by atoms with van der Waals surface area (Å²) < 4.78 is 26.1. The number of halogens is 1. The average molecular weight is 536 g/mol. The first kappa shape index (κ1) is 29.6. The van der Waals surface area contributed by atoms with E-state index >= 15 is 0 Å². The molecule has 0 bridgehead atoms. The lowest BCUT2D eigenvalue weighted by atomic mass is 10.0. The maximum absolute atomic E-state index is 13.5. The quantitative estimate of drug-likeness (QED) is 0.394. The summed E-state index contributed by atoms with van der Waals surface area (Å²) in [6, 6.07) is 13.7. The molecule has 198 valence electrons. The minimum absolute atomic E-state index is 0.00431. The Hall–Kier alpha value is -2.58. The van der Waals surface area contributed by atoms with Crippen molar-refractivity contribution in [3.05, 3.63) is 64.7 Å². The molecule has 0 fully saturated rings. The molecular weight excluding hydrogens is 498 g/mol. The summed E-state index contributed by atoms with van der Waals surface area (Å²) in [4.78, 5) is 28.2. The summed E-state index contributed by atoms with van der Waals surface area (Å²) in [5.41, 5.74) is 2.50. The van der Waals surface area contributed by atoms with Gasteiger partial charge in [-0.3, -0.25) is 13.9 Å². The predicted octanol–water partition coefficient (Wildman–Crippen LogP) is 4.92. The van der Waals surface area contributed by atoms with Gasteiger partial charge in [0.05, 0.1) is 11.9 Å². The lowest BCUT2D eigenvalue weighted by molar-refractivity contribution is -0.141. The minimum Gasteiger partial charge on any atom is -0.352 e. The highest BCUT2D eigenvalue weighted by atomic mass is 35.5. The van der Waals surface area contributed by atoms with E-state index in [0.29, 0.717) is 30.1 Å². The highest BCUT2D eigenvalue weighted by Gasteiger charge is 2.29. The lowest BCUT2D eigenvalue weighted by Crippen LogP contribution is -2.50. The van der Waals surface area contributed by atoms with Crippen LogP contribution in [0.4, 0.5) is 5.69 Å². The van der Waals surface area contributed by atoms with E-state index in [4.69, 9.17) is 11.6 Å². The van der Waals surface area contributed by atoms with Gasteiger partial charge in [-0.25, -0.2) is 8.42 Å². The van der Waals surface area contributed by atoms with Crippen molar-refractivity contribution in [2.75, 3.05) is 17.1 Å². The number of nitrogens with one attached hydrogen (secondary N) is 1. The molecule has 2 aromatic carbocycles. The van der Waals surface area contributed by atoms with Crippen LogP contribution in [-0.2, 0) is 26.2 Å². The zero-order valence-corrected chi connectivity index (χ0v) is 23.4. The normalized spacial score (nSPS) is 13.1. The van der Waals surface area contributed by atoms with E-state index in [1.807, 2.05) is 52.0 Å². The van der Waals surface area contributed by atoms with Crippen LogP contribution in [0, 0.1) is 6.92 Å². The summed E-state index contributed by atoms with van der Waals surface area (Å²) in [5, 5.41) is 3.52. The second-order valence-corrected chi connectivity index (χ2v) is 11.4. The van der Waals surface area contributed by atoms with Crippen LogP contribution in [0.3, 0.4) is 0 Å². The van der Waals surface area contributed by atoms with E-state index in [1.165, 1.54) is 4.31 Å². The Kier molecular flexibility index (Phi) is 11.2. The van der Waals surface area contributed by atoms with E-state index in [9.17, 15) is 18.0 Å². The Morgan fingerprint density at radius 1 is 1.03 bits per heavy atom.